The minimum absolute atomic E-state index is 0.614. The summed E-state index contributed by atoms with van der Waals surface area (Å²) in [7, 11) is 2.04. The van der Waals surface area contributed by atoms with Crippen molar-refractivity contribution >= 4 is 0 Å². The van der Waals surface area contributed by atoms with Crippen molar-refractivity contribution in [3.05, 3.63) is 0 Å². The van der Waals surface area contributed by atoms with Gasteiger partial charge in [-0.1, -0.05) is 13.8 Å². The lowest BCUT2D eigenvalue weighted by Gasteiger charge is -2.34. The van der Waals surface area contributed by atoms with Crippen molar-refractivity contribution in [2.75, 3.05) is 13.6 Å². The summed E-state index contributed by atoms with van der Waals surface area (Å²) < 4.78 is 0. The number of hydrogen-bond acceptors (Lipinski definition) is 2. The Hall–Kier alpha value is -0.0800. The third-order valence-electron chi connectivity index (χ3n) is 3.28. The summed E-state index contributed by atoms with van der Waals surface area (Å²) in [5.41, 5.74) is 0. The molecule has 86 valence electrons. The minimum atomic E-state index is 0.614. The van der Waals surface area contributed by atoms with Crippen molar-refractivity contribution < 1.29 is 0 Å². The van der Waals surface area contributed by atoms with Gasteiger partial charge in [0.25, 0.3) is 0 Å². The van der Waals surface area contributed by atoms with Gasteiger partial charge >= 0.3 is 0 Å². The zero-order valence-electron chi connectivity index (χ0n) is 10.8. The molecule has 1 N–H and O–H groups in total. The molecule has 2 heteroatoms. The van der Waals surface area contributed by atoms with Gasteiger partial charge in [0.1, 0.15) is 0 Å². The van der Waals surface area contributed by atoms with E-state index >= 15 is 0 Å². The van der Waals surface area contributed by atoms with Crippen molar-refractivity contribution in [3.63, 3.8) is 0 Å². The van der Waals surface area contributed by atoms with Crippen LogP contribution in [0.1, 0.15) is 47.5 Å². The Balaban J connectivity index is 4.09. The average molecular weight is 200 g/mol. The first-order valence-corrected chi connectivity index (χ1v) is 5.99. The molecular weight excluding hydrogens is 172 g/mol. The molecule has 0 rings (SSSR count). The van der Waals surface area contributed by atoms with Gasteiger partial charge in [-0.05, 0) is 47.2 Å². The first-order valence-electron chi connectivity index (χ1n) is 5.99. The molecule has 0 amide bonds. The van der Waals surface area contributed by atoms with Gasteiger partial charge in [-0.2, -0.15) is 0 Å². The highest BCUT2D eigenvalue weighted by Gasteiger charge is 2.18. The Labute approximate surface area is 90.1 Å². The largest absolute Gasteiger partial charge is 0.317 e. The number of rotatable bonds is 7. The molecule has 0 aliphatic carbocycles. The van der Waals surface area contributed by atoms with Crippen molar-refractivity contribution in [1.29, 1.82) is 0 Å². The van der Waals surface area contributed by atoms with Crippen LogP contribution in [-0.4, -0.2) is 36.6 Å². The van der Waals surface area contributed by atoms with E-state index < -0.39 is 0 Å². The first-order chi connectivity index (χ1) is 6.56. The summed E-state index contributed by atoms with van der Waals surface area (Å²) in [5.74, 6) is 0. The van der Waals surface area contributed by atoms with E-state index in [0.717, 1.165) is 6.54 Å². The third kappa shape index (κ3) is 4.43. The molecule has 0 spiro atoms. The highest BCUT2D eigenvalue weighted by atomic mass is 15.2. The van der Waals surface area contributed by atoms with Crippen LogP contribution in [0.2, 0.25) is 0 Å². The monoisotopic (exact) mass is 200 g/mol. The highest BCUT2D eigenvalue weighted by Crippen LogP contribution is 2.12. The summed E-state index contributed by atoms with van der Waals surface area (Å²) in [6, 6.07) is 2.00. The van der Waals surface area contributed by atoms with Crippen LogP contribution in [0.5, 0.6) is 0 Å². The fraction of sp³-hybridized carbons (Fsp3) is 1.00. The Bertz CT molecular complexity index is 136. The molecule has 0 aliphatic heterocycles. The molecule has 0 bridgehead atoms. The minimum Gasteiger partial charge on any atom is -0.317 e. The van der Waals surface area contributed by atoms with Gasteiger partial charge in [-0.15, -0.1) is 0 Å². The SMILES string of the molecule is CCC(C)N(CC)C(C)CC(C)NC. The van der Waals surface area contributed by atoms with Crippen LogP contribution in [0.25, 0.3) is 0 Å². The van der Waals surface area contributed by atoms with Crippen molar-refractivity contribution in [2.45, 2.75) is 65.6 Å². The van der Waals surface area contributed by atoms with E-state index in [4.69, 9.17) is 0 Å². The molecule has 0 fully saturated rings. The van der Waals surface area contributed by atoms with Crippen LogP contribution < -0.4 is 5.32 Å². The average Bonchev–Trinajstić information content (AvgIpc) is 2.18. The standard InChI is InChI=1S/C12H28N2/c1-7-11(4)14(8-2)12(5)9-10(3)13-6/h10-13H,7-9H2,1-6H3. The van der Waals surface area contributed by atoms with Crippen molar-refractivity contribution in [2.24, 2.45) is 0 Å². The van der Waals surface area contributed by atoms with Crippen LogP contribution in [-0.2, 0) is 0 Å². The highest BCUT2D eigenvalue weighted by molar-refractivity contribution is 4.75. The fourth-order valence-electron chi connectivity index (χ4n) is 2.06. The lowest BCUT2D eigenvalue weighted by Crippen LogP contribution is -2.42. The zero-order valence-corrected chi connectivity index (χ0v) is 10.8. The number of nitrogens with one attached hydrogen (secondary N) is 1. The van der Waals surface area contributed by atoms with Gasteiger partial charge in [0, 0.05) is 18.1 Å². The van der Waals surface area contributed by atoms with Gasteiger partial charge in [0.2, 0.25) is 0 Å². The summed E-state index contributed by atoms with van der Waals surface area (Å²) in [5, 5.41) is 3.31. The number of nitrogens with zero attached hydrogens (tertiary/aromatic N) is 1. The van der Waals surface area contributed by atoms with Gasteiger partial charge in [-0.25, -0.2) is 0 Å². The first kappa shape index (κ1) is 13.9. The molecule has 0 saturated heterocycles. The maximum absolute atomic E-state index is 3.31. The Morgan fingerprint density at radius 3 is 2.00 bits per heavy atom. The molecule has 3 atom stereocenters. The molecular formula is C12H28N2. The Morgan fingerprint density at radius 2 is 1.64 bits per heavy atom. The summed E-state index contributed by atoms with van der Waals surface area (Å²) in [6.45, 7) is 12.6. The second-order valence-electron chi connectivity index (χ2n) is 4.36. The van der Waals surface area contributed by atoms with Gasteiger partial charge in [0.05, 0.1) is 0 Å². The smallest absolute Gasteiger partial charge is 0.00843 e. The zero-order chi connectivity index (χ0) is 11.1. The summed E-state index contributed by atoms with van der Waals surface area (Å²) >= 11 is 0. The van der Waals surface area contributed by atoms with Gasteiger partial charge in [-0.3, -0.25) is 4.90 Å². The van der Waals surface area contributed by atoms with Crippen molar-refractivity contribution in [3.8, 4) is 0 Å². The molecule has 0 radical (unpaired) electrons. The van der Waals surface area contributed by atoms with E-state index in [1.807, 2.05) is 7.05 Å². The molecule has 0 saturated carbocycles. The second-order valence-corrected chi connectivity index (χ2v) is 4.36. The van der Waals surface area contributed by atoms with E-state index in [2.05, 4.69) is 44.8 Å². The van der Waals surface area contributed by atoms with Crippen LogP contribution >= 0.6 is 0 Å². The fourth-order valence-corrected chi connectivity index (χ4v) is 2.06. The predicted molar refractivity (Wildman–Crippen MR) is 64.7 cm³/mol. The molecule has 14 heavy (non-hydrogen) atoms. The van der Waals surface area contributed by atoms with Crippen LogP contribution in [0, 0.1) is 0 Å². The van der Waals surface area contributed by atoms with E-state index in [-0.39, 0.29) is 0 Å². The Kier molecular flexibility index (Phi) is 7.20. The van der Waals surface area contributed by atoms with E-state index in [0.29, 0.717) is 18.1 Å². The summed E-state index contributed by atoms with van der Waals surface area (Å²) in [4.78, 5) is 2.59. The van der Waals surface area contributed by atoms with Crippen LogP contribution in [0.15, 0.2) is 0 Å². The molecule has 0 aromatic carbocycles. The molecule has 0 aromatic rings. The molecule has 2 nitrogen and oxygen atoms in total. The topological polar surface area (TPSA) is 15.3 Å². The lowest BCUT2D eigenvalue weighted by atomic mass is 10.1. The normalized spacial score (nSPS) is 18.2. The molecule has 0 aliphatic rings. The van der Waals surface area contributed by atoms with Crippen LogP contribution in [0.4, 0.5) is 0 Å². The number of hydrogen-bond donors (Lipinski definition) is 1. The van der Waals surface area contributed by atoms with Gasteiger partial charge in [0.15, 0.2) is 0 Å². The predicted octanol–water partition coefficient (Wildman–Crippen LogP) is 2.49. The van der Waals surface area contributed by atoms with E-state index in [1.165, 1.54) is 12.8 Å². The molecule has 0 heterocycles. The Morgan fingerprint density at radius 1 is 1.07 bits per heavy atom. The quantitative estimate of drug-likeness (QED) is 0.679. The van der Waals surface area contributed by atoms with Crippen LogP contribution in [0.3, 0.4) is 0 Å². The maximum Gasteiger partial charge on any atom is 0.00843 e. The van der Waals surface area contributed by atoms with Crippen molar-refractivity contribution in [1.82, 2.24) is 10.2 Å². The molecule has 0 aromatic heterocycles. The van der Waals surface area contributed by atoms with E-state index in [1.54, 1.807) is 0 Å². The lowest BCUT2D eigenvalue weighted by molar-refractivity contribution is 0.144. The maximum atomic E-state index is 3.31. The third-order valence-corrected chi connectivity index (χ3v) is 3.28. The summed E-state index contributed by atoms with van der Waals surface area (Å²) in [6.07, 6.45) is 2.47. The molecule has 3 unspecified atom stereocenters. The van der Waals surface area contributed by atoms with Gasteiger partial charge < -0.3 is 5.32 Å². The van der Waals surface area contributed by atoms with E-state index in [9.17, 15) is 0 Å². The second kappa shape index (κ2) is 7.24.